The lowest BCUT2D eigenvalue weighted by atomic mass is 10.1. The number of nitrogens with zero attached hydrogens (tertiary/aromatic N) is 2. The summed E-state index contributed by atoms with van der Waals surface area (Å²) in [5.74, 6) is 0.834. The maximum absolute atomic E-state index is 13.2. The van der Waals surface area contributed by atoms with Gasteiger partial charge in [-0.15, -0.1) is 10.2 Å². The number of aliphatic hydroxyl groups excluding tert-OH is 1. The first-order chi connectivity index (χ1) is 11.7. The molecule has 1 atom stereocenters. The molecule has 0 amide bonds. The number of aromatic nitrogens is 2. The van der Waals surface area contributed by atoms with Crippen molar-refractivity contribution < 1.29 is 13.9 Å². The van der Waals surface area contributed by atoms with Crippen molar-refractivity contribution in [1.29, 1.82) is 0 Å². The van der Waals surface area contributed by atoms with E-state index in [1.807, 2.05) is 36.4 Å². The minimum atomic E-state index is -0.506. The van der Waals surface area contributed by atoms with E-state index in [2.05, 4.69) is 10.2 Å². The first kappa shape index (κ1) is 16.7. The second-order valence-electron chi connectivity index (χ2n) is 5.33. The van der Waals surface area contributed by atoms with Gasteiger partial charge < -0.3 is 9.52 Å². The minimum absolute atomic E-state index is 0.281. The third kappa shape index (κ3) is 4.66. The lowest BCUT2D eigenvalue weighted by molar-refractivity contribution is 0.175. The third-order valence-electron chi connectivity index (χ3n) is 3.49. The molecule has 0 bridgehead atoms. The van der Waals surface area contributed by atoms with Gasteiger partial charge in [0.25, 0.3) is 5.22 Å². The fourth-order valence-corrected chi connectivity index (χ4v) is 3.06. The van der Waals surface area contributed by atoms with Gasteiger partial charge in [-0.1, -0.05) is 54.2 Å². The Kier molecular flexibility index (Phi) is 5.61. The molecule has 2 aromatic carbocycles. The van der Waals surface area contributed by atoms with Gasteiger partial charge in [-0.3, -0.25) is 0 Å². The third-order valence-corrected chi connectivity index (χ3v) is 4.35. The number of hydrogen-bond donors (Lipinski definition) is 1. The van der Waals surface area contributed by atoms with E-state index >= 15 is 0 Å². The molecule has 0 fully saturated rings. The van der Waals surface area contributed by atoms with Crippen LogP contribution in [0.4, 0.5) is 4.39 Å². The summed E-state index contributed by atoms with van der Waals surface area (Å²) in [4.78, 5) is 0. The number of benzene rings is 2. The Morgan fingerprint density at radius 2 is 1.92 bits per heavy atom. The number of hydrogen-bond acceptors (Lipinski definition) is 5. The Labute approximate surface area is 143 Å². The molecule has 3 rings (SSSR count). The molecule has 0 spiro atoms. The molecule has 0 aliphatic carbocycles. The quantitative estimate of drug-likeness (QED) is 0.656. The second kappa shape index (κ2) is 8.08. The average Bonchev–Trinajstić information content (AvgIpc) is 3.03. The molecule has 0 saturated heterocycles. The van der Waals surface area contributed by atoms with Gasteiger partial charge in [0.2, 0.25) is 5.89 Å². The van der Waals surface area contributed by atoms with Crippen molar-refractivity contribution in [3.63, 3.8) is 0 Å². The fourth-order valence-electron chi connectivity index (χ4n) is 2.29. The van der Waals surface area contributed by atoms with Gasteiger partial charge in [0.1, 0.15) is 5.82 Å². The van der Waals surface area contributed by atoms with E-state index in [1.165, 1.54) is 23.9 Å². The smallest absolute Gasteiger partial charge is 0.276 e. The van der Waals surface area contributed by atoms with Crippen LogP contribution in [0.5, 0.6) is 0 Å². The molecule has 1 aromatic heterocycles. The predicted molar refractivity (Wildman–Crippen MR) is 90.2 cm³/mol. The Morgan fingerprint density at radius 3 is 2.71 bits per heavy atom. The van der Waals surface area contributed by atoms with Crippen LogP contribution in [-0.2, 0) is 6.42 Å². The van der Waals surface area contributed by atoms with E-state index in [1.54, 1.807) is 6.07 Å². The topological polar surface area (TPSA) is 59.2 Å². The van der Waals surface area contributed by atoms with Crippen LogP contribution in [0.15, 0.2) is 64.2 Å². The van der Waals surface area contributed by atoms with Gasteiger partial charge in [0.05, 0.1) is 12.5 Å². The Hall–Kier alpha value is -2.18. The summed E-state index contributed by atoms with van der Waals surface area (Å²) >= 11 is 1.40. The summed E-state index contributed by atoms with van der Waals surface area (Å²) < 4.78 is 18.7. The molecule has 1 N–H and O–H groups in total. The van der Waals surface area contributed by atoms with Crippen LogP contribution in [0, 0.1) is 5.82 Å². The van der Waals surface area contributed by atoms with Crippen LogP contribution < -0.4 is 0 Å². The van der Waals surface area contributed by atoms with Gasteiger partial charge in [-0.2, -0.15) is 0 Å². The van der Waals surface area contributed by atoms with Crippen LogP contribution in [0.2, 0.25) is 0 Å². The predicted octanol–water partition coefficient (Wildman–Crippen LogP) is 4.02. The van der Waals surface area contributed by atoms with Crippen molar-refractivity contribution in [2.24, 2.45) is 0 Å². The Bertz CT molecular complexity index is 779. The number of aliphatic hydroxyl groups is 1. The number of thioether (sulfide) groups is 1. The Balaban J connectivity index is 1.49. The molecule has 0 saturated carbocycles. The van der Waals surface area contributed by atoms with E-state index in [-0.39, 0.29) is 5.82 Å². The van der Waals surface area contributed by atoms with Gasteiger partial charge in [0.15, 0.2) is 0 Å². The molecular formula is C18H17FN2O2S. The van der Waals surface area contributed by atoms with Crippen LogP contribution in [0.3, 0.4) is 0 Å². The summed E-state index contributed by atoms with van der Waals surface area (Å²) in [6, 6.07) is 15.9. The highest BCUT2D eigenvalue weighted by Gasteiger charge is 2.11. The highest BCUT2D eigenvalue weighted by Crippen LogP contribution is 2.23. The largest absolute Gasteiger partial charge is 0.416 e. The summed E-state index contributed by atoms with van der Waals surface area (Å²) in [5, 5.41) is 18.5. The molecule has 24 heavy (non-hydrogen) atoms. The van der Waals surface area contributed by atoms with Crippen LogP contribution in [0.1, 0.15) is 29.5 Å². The van der Waals surface area contributed by atoms with Crippen molar-refractivity contribution in [2.45, 2.75) is 24.2 Å². The molecule has 3 aromatic rings. The van der Waals surface area contributed by atoms with Crippen molar-refractivity contribution in [3.05, 3.63) is 77.4 Å². The van der Waals surface area contributed by atoms with Crippen LogP contribution in [0.25, 0.3) is 0 Å². The van der Waals surface area contributed by atoms with Crippen molar-refractivity contribution in [1.82, 2.24) is 10.2 Å². The molecule has 1 heterocycles. The SMILES string of the molecule is O[C@@H](CCSc1nnc(Cc2cccc(F)c2)o1)c1ccccc1. The molecule has 124 valence electrons. The highest BCUT2D eigenvalue weighted by atomic mass is 32.2. The summed E-state index contributed by atoms with van der Waals surface area (Å²) in [5.41, 5.74) is 1.69. The van der Waals surface area contributed by atoms with E-state index in [9.17, 15) is 9.50 Å². The Morgan fingerprint density at radius 1 is 1.08 bits per heavy atom. The first-order valence-electron chi connectivity index (χ1n) is 7.63. The molecular weight excluding hydrogens is 327 g/mol. The van der Waals surface area contributed by atoms with Crippen molar-refractivity contribution >= 4 is 11.8 Å². The monoisotopic (exact) mass is 344 g/mol. The van der Waals surface area contributed by atoms with Gasteiger partial charge in [-0.25, -0.2) is 4.39 Å². The van der Waals surface area contributed by atoms with Crippen molar-refractivity contribution in [2.75, 3.05) is 5.75 Å². The summed E-state index contributed by atoms with van der Waals surface area (Å²) in [7, 11) is 0. The lowest BCUT2D eigenvalue weighted by Crippen LogP contribution is -1.98. The zero-order valence-electron chi connectivity index (χ0n) is 12.9. The molecule has 6 heteroatoms. The standard InChI is InChI=1S/C18H17FN2O2S/c19-15-8-4-5-13(11-15)12-17-20-21-18(23-17)24-10-9-16(22)14-6-2-1-3-7-14/h1-8,11,16,22H,9-10,12H2/t16-/m0/s1. The summed E-state index contributed by atoms with van der Waals surface area (Å²) in [6.07, 6.45) is 0.488. The van der Waals surface area contributed by atoms with E-state index in [4.69, 9.17) is 4.42 Å². The van der Waals surface area contributed by atoms with Gasteiger partial charge in [0, 0.05) is 5.75 Å². The van der Waals surface area contributed by atoms with Gasteiger partial charge in [-0.05, 0) is 29.7 Å². The maximum atomic E-state index is 13.2. The molecule has 0 aliphatic heterocycles. The fraction of sp³-hybridized carbons (Fsp3) is 0.222. The van der Waals surface area contributed by atoms with E-state index < -0.39 is 6.10 Å². The molecule has 0 aliphatic rings. The molecule has 0 unspecified atom stereocenters. The zero-order chi connectivity index (χ0) is 16.8. The average molecular weight is 344 g/mol. The zero-order valence-corrected chi connectivity index (χ0v) is 13.7. The summed E-state index contributed by atoms with van der Waals surface area (Å²) in [6.45, 7) is 0. The van der Waals surface area contributed by atoms with Crippen LogP contribution in [-0.4, -0.2) is 21.1 Å². The first-order valence-corrected chi connectivity index (χ1v) is 8.62. The molecule has 4 nitrogen and oxygen atoms in total. The minimum Gasteiger partial charge on any atom is -0.416 e. The maximum Gasteiger partial charge on any atom is 0.276 e. The molecule has 0 radical (unpaired) electrons. The number of rotatable bonds is 7. The van der Waals surface area contributed by atoms with Crippen LogP contribution >= 0.6 is 11.8 Å². The normalized spacial score (nSPS) is 12.2. The second-order valence-corrected chi connectivity index (χ2v) is 6.38. The van der Waals surface area contributed by atoms with E-state index in [0.29, 0.717) is 29.7 Å². The highest BCUT2D eigenvalue weighted by molar-refractivity contribution is 7.99. The van der Waals surface area contributed by atoms with Gasteiger partial charge >= 0.3 is 0 Å². The van der Waals surface area contributed by atoms with E-state index in [0.717, 1.165) is 11.1 Å². The van der Waals surface area contributed by atoms with Crippen molar-refractivity contribution in [3.8, 4) is 0 Å². The lowest BCUT2D eigenvalue weighted by Gasteiger charge is -2.09. The number of halogens is 1.